The topological polar surface area (TPSA) is 49.8 Å². The molecule has 2 aromatic rings. The van der Waals surface area contributed by atoms with E-state index in [0.717, 1.165) is 7.11 Å². The number of hydrogen-bond donors (Lipinski definition) is 1. The quantitative estimate of drug-likeness (QED) is 0.796. The summed E-state index contributed by atoms with van der Waals surface area (Å²) in [5.41, 5.74) is -0.486. The zero-order chi connectivity index (χ0) is 19.8. The van der Waals surface area contributed by atoms with Crippen molar-refractivity contribution in [1.29, 1.82) is 0 Å². The van der Waals surface area contributed by atoms with Crippen LogP contribution in [0.25, 0.3) is 0 Å². The third-order valence-corrected chi connectivity index (χ3v) is 4.28. The number of para-hydroxylation sites is 1. The summed E-state index contributed by atoms with van der Waals surface area (Å²) in [6.07, 6.45) is -4.82. The minimum atomic E-state index is -4.82. The first kappa shape index (κ1) is 18.8. The van der Waals surface area contributed by atoms with Gasteiger partial charge in [-0.3, -0.25) is 0 Å². The largest absolute Gasteiger partial charge is 0.482 e. The lowest BCUT2D eigenvalue weighted by molar-refractivity contribution is -0.152. The molecule has 1 N–H and O–H groups in total. The fraction of sp³-hybridized carbons (Fsp3) is 0.211. The summed E-state index contributed by atoms with van der Waals surface area (Å²) in [5, 5.41) is 9.50. The Hall–Kier alpha value is -3.03. The Labute approximate surface area is 152 Å². The predicted molar refractivity (Wildman–Crippen MR) is 89.5 cm³/mol. The van der Waals surface area contributed by atoms with Gasteiger partial charge in [-0.2, -0.15) is 13.2 Å². The standard InChI is InChI=1S/C19H15F4NO3/c1-27-17-15(18(25)26)16(19(21,22)23)13-7-2-3-8-14(13)24(17)10-11-5-4-6-12(20)9-11/h2-9,16H,10H2,1H3,(H,25,26). The van der Waals surface area contributed by atoms with Crippen LogP contribution in [0.15, 0.2) is 60.0 Å². The van der Waals surface area contributed by atoms with Gasteiger partial charge in [0, 0.05) is 5.69 Å². The van der Waals surface area contributed by atoms with E-state index >= 15 is 0 Å². The van der Waals surface area contributed by atoms with Gasteiger partial charge in [0.15, 0.2) is 0 Å². The average Bonchev–Trinajstić information content (AvgIpc) is 2.60. The molecule has 27 heavy (non-hydrogen) atoms. The zero-order valence-corrected chi connectivity index (χ0v) is 14.1. The van der Waals surface area contributed by atoms with E-state index in [9.17, 15) is 27.5 Å². The van der Waals surface area contributed by atoms with Crippen molar-refractivity contribution in [3.63, 3.8) is 0 Å². The lowest BCUT2D eigenvalue weighted by atomic mass is 9.85. The molecule has 1 aliphatic heterocycles. The number of hydrogen-bond acceptors (Lipinski definition) is 3. The molecule has 8 heteroatoms. The van der Waals surface area contributed by atoms with Crippen molar-refractivity contribution >= 4 is 11.7 Å². The molecule has 142 valence electrons. The van der Waals surface area contributed by atoms with Crippen molar-refractivity contribution in [3.05, 3.63) is 76.9 Å². The van der Waals surface area contributed by atoms with E-state index in [-0.39, 0.29) is 17.8 Å². The van der Waals surface area contributed by atoms with Crippen molar-refractivity contribution < 1.29 is 32.2 Å². The number of rotatable bonds is 4. The Bertz CT molecular complexity index is 908. The van der Waals surface area contributed by atoms with E-state index in [1.807, 2.05) is 0 Å². The molecule has 0 aromatic heterocycles. The summed E-state index contributed by atoms with van der Waals surface area (Å²) in [7, 11) is 1.11. The highest BCUT2D eigenvalue weighted by molar-refractivity contribution is 5.92. The second-order valence-corrected chi connectivity index (χ2v) is 5.98. The predicted octanol–water partition coefficient (Wildman–Crippen LogP) is 4.43. The van der Waals surface area contributed by atoms with E-state index in [4.69, 9.17) is 4.74 Å². The number of ether oxygens (including phenoxy) is 1. The summed E-state index contributed by atoms with van der Waals surface area (Å²) in [6, 6.07) is 11.2. The van der Waals surface area contributed by atoms with Crippen molar-refractivity contribution in [2.24, 2.45) is 0 Å². The number of carbonyl (C=O) groups is 1. The fourth-order valence-electron chi connectivity index (χ4n) is 3.26. The van der Waals surface area contributed by atoms with Gasteiger partial charge in [0.2, 0.25) is 5.88 Å². The lowest BCUT2D eigenvalue weighted by Gasteiger charge is -2.37. The van der Waals surface area contributed by atoms with Crippen LogP contribution in [0, 0.1) is 5.82 Å². The van der Waals surface area contributed by atoms with Gasteiger partial charge < -0.3 is 14.7 Å². The fourth-order valence-corrected chi connectivity index (χ4v) is 3.26. The van der Waals surface area contributed by atoms with Gasteiger partial charge in [0.25, 0.3) is 0 Å². The van der Waals surface area contributed by atoms with Gasteiger partial charge in [-0.05, 0) is 29.3 Å². The highest BCUT2D eigenvalue weighted by atomic mass is 19.4. The Balaban J connectivity index is 2.22. The first-order valence-corrected chi connectivity index (χ1v) is 7.93. The molecular weight excluding hydrogens is 366 g/mol. The Morgan fingerprint density at radius 1 is 1.19 bits per heavy atom. The van der Waals surface area contributed by atoms with Crippen molar-refractivity contribution in [1.82, 2.24) is 0 Å². The van der Waals surface area contributed by atoms with Gasteiger partial charge >= 0.3 is 12.1 Å². The van der Waals surface area contributed by atoms with Crippen LogP contribution in [0.1, 0.15) is 17.0 Å². The maximum Gasteiger partial charge on any atom is 0.400 e. The minimum Gasteiger partial charge on any atom is -0.482 e. The normalized spacial score (nSPS) is 16.9. The number of carboxylic acid groups (broad SMARTS) is 1. The first-order chi connectivity index (χ1) is 12.7. The second-order valence-electron chi connectivity index (χ2n) is 5.98. The van der Waals surface area contributed by atoms with Crippen LogP contribution < -0.4 is 4.90 Å². The van der Waals surface area contributed by atoms with Crippen LogP contribution in [-0.4, -0.2) is 24.4 Å². The summed E-state index contributed by atoms with van der Waals surface area (Å²) in [4.78, 5) is 13.0. The maximum absolute atomic E-state index is 13.7. The lowest BCUT2D eigenvalue weighted by Crippen LogP contribution is -2.38. The minimum absolute atomic E-state index is 0.0562. The Morgan fingerprint density at radius 2 is 1.89 bits per heavy atom. The van der Waals surface area contributed by atoms with E-state index in [1.54, 1.807) is 12.1 Å². The van der Waals surface area contributed by atoms with Crippen LogP contribution in [0.2, 0.25) is 0 Å². The second kappa shape index (κ2) is 6.94. The van der Waals surface area contributed by atoms with E-state index in [0.29, 0.717) is 5.56 Å². The molecule has 2 aromatic carbocycles. The molecule has 0 saturated carbocycles. The third-order valence-electron chi connectivity index (χ3n) is 4.28. The molecule has 4 nitrogen and oxygen atoms in total. The monoisotopic (exact) mass is 381 g/mol. The highest BCUT2D eigenvalue weighted by Gasteiger charge is 2.51. The van der Waals surface area contributed by atoms with Gasteiger partial charge in [0.05, 0.1) is 13.7 Å². The van der Waals surface area contributed by atoms with E-state index in [1.165, 1.54) is 41.3 Å². The van der Waals surface area contributed by atoms with E-state index < -0.39 is 35.3 Å². The van der Waals surface area contributed by atoms with Gasteiger partial charge in [-0.25, -0.2) is 9.18 Å². The first-order valence-electron chi connectivity index (χ1n) is 7.93. The van der Waals surface area contributed by atoms with Crippen LogP contribution in [-0.2, 0) is 16.1 Å². The van der Waals surface area contributed by atoms with Crippen LogP contribution in [0.4, 0.5) is 23.2 Å². The number of anilines is 1. The summed E-state index contributed by atoms with van der Waals surface area (Å²) in [5.74, 6) is -4.99. The number of halogens is 4. The molecule has 1 unspecified atom stereocenters. The summed E-state index contributed by atoms with van der Waals surface area (Å²) >= 11 is 0. The van der Waals surface area contributed by atoms with E-state index in [2.05, 4.69) is 0 Å². The molecule has 1 aliphatic rings. The van der Waals surface area contributed by atoms with Gasteiger partial charge in [0.1, 0.15) is 17.3 Å². The molecule has 1 atom stereocenters. The van der Waals surface area contributed by atoms with Gasteiger partial charge in [-0.1, -0.05) is 30.3 Å². The number of carboxylic acids is 1. The zero-order valence-electron chi connectivity index (χ0n) is 14.1. The molecule has 0 amide bonds. The molecule has 0 spiro atoms. The number of aliphatic carboxylic acids is 1. The van der Waals surface area contributed by atoms with Crippen molar-refractivity contribution in [2.75, 3.05) is 12.0 Å². The third kappa shape index (κ3) is 3.47. The number of methoxy groups -OCH3 is 1. The van der Waals surface area contributed by atoms with Crippen molar-refractivity contribution in [3.8, 4) is 0 Å². The number of benzene rings is 2. The maximum atomic E-state index is 13.7. The molecule has 0 fully saturated rings. The molecule has 1 heterocycles. The number of nitrogens with zero attached hydrogens (tertiary/aromatic N) is 1. The summed E-state index contributed by atoms with van der Waals surface area (Å²) in [6.45, 7) is -0.0562. The number of alkyl halides is 3. The van der Waals surface area contributed by atoms with Crippen LogP contribution in [0.5, 0.6) is 0 Å². The Morgan fingerprint density at radius 3 is 2.48 bits per heavy atom. The van der Waals surface area contributed by atoms with Crippen molar-refractivity contribution in [2.45, 2.75) is 18.6 Å². The van der Waals surface area contributed by atoms with Crippen LogP contribution in [0.3, 0.4) is 0 Å². The number of fused-ring (bicyclic) bond motifs is 1. The Kier molecular flexibility index (Phi) is 4.82. The SMILES string of the molecule is COC1=C(C(=O)O)C(C(F)(F)F)c2ccccc2N1Cc1cccc(F)c1. The highest BCUT2D eigenvalue weighted by Crippen LogP contribution is 2.49. The molecule has 3 rings (SSSR count). The smallest absolute Gasteiger partial charge is 0.400 e. The molecule has 0 radical (unpaired) electrons. The molecule has 0 saturated heterocycles. The molecule has 0 aliphatic carbocycles. The molecular formula is C19H15F4NO3. The average molecular weight is 381 g/mol. The molecule has 0 bridgehead atoms. The van der Waals surface area contributed by atoms with Crippen LogP contribution >= 0.6 is 0 Å². The summed E-state index contributed by atoms with van der Waals surface area (Å²) < 4.78 is 59.8. The van der Waals surface area contributed by atoms with Gasteiger partial charge in [-0.15, -0.1) is 0 Å².